The molecule has 0 aromatic heterocycles. The molecule has 2 aromatic carbocycles. The summed E-state index contributed by atoms with van der Waals surface area (Å²) < 4.78 is 59.9. The van der Waals surface area contributed by atoms with E-state index < -0.39 is 26.1 Å². The Bertz CT molecular complexity index is 1260. The Morgan fingerprint density at radius 3 is 2.14 bits per heavy atom. The van der Waals surface area contributed by atoms with E-state index in [1.807, 2.05) is 0 Å². The summed E-state index contributed by atoms with van der Waals surface area (Å²) in [6.45, 7) is 1.68. The number of nitrogens with zero attached hydrogens (tertiary/aromatic N) is 2. The molecule has 2 fully saturated rings. The predicted molar refractivity (Wildman–Crippen MR) is 136 cm³/mol. The zero-order valence-corrected chi connectivity index (χ0v) is 22.2. The highest BCUT2D eigenvalue weighted by atomic mass is 35.5. The maximum absolute atomic E-state index is 13.0. The first-order chi connectivity index (χ1) is 17.2. The number of carbonyl (C=O) groups is 1. The van der Waals surface area contributed by atoms with E-state index in [1.165, 1.54) is 45.0 Å². The number of halogens is 1. The first-order valence-corrected chi connectivity index (χ1v) is 15.2. The molecule has 0 radical (unpaired) electrons. The van der Waals surface area contributed by atoms with Gasteiger partial charge in [0.15, 0.2) is 0 Å². The Balaban J connectivity index is 1.28. The van der Waals surface area contributed by atoms with E-state index in [9.17, 15) is 21.6 Å². The van der Waals surface area contributed by atoms with Gasteiger partial charge in [-0.1, -0.05) is 18.0 Å². The molecule has 2 aromatic rings. The molecule has 196 valence electrons. The van der Waals surface area contributed by atoms with E-state index in [4.69, 9.17) is 16.3 Å². The van der Waals surface area contributed by atoms with Crippen LogP contribution in [0.15, 0.2) is 58.3 Å². The number of carbonyl (C=O) groups excluding carboxylic acids is 1. The molecule has 2 heterocycles. The number of ether oxygens (including phenoxy) is 1. The first-order valence-electron chi connectivity index (χ1n) is 12.0. The van der Waals surface area contributed by atoms with Crippen LogP contribution < -0.4 is 10.1 Å². The second kappa shape index (κ2) is 11.5. The van der Waals surface area contributed by atoms with Crippen LogP contribution in [0.4, 0.5) is 0 Å². The fourth-order valence-electron chi connectivity index (χ4n) is 4.45. The topological polar surface area (TPSA) is 113 Å². The maximum Gasteiger partial charge on any atom is 0.243 e. The predicted octanol–water partition coefficient (Wildman–Crippen LogP) is 2.86. The minimum atomic E-state index is -3.82. The van der Waals surface area contributed by atoms with Gasteiger partial charge in [-0.3, -0.25) is 4.79 Å². The minimum absolute atomic E-state index is 0.0979. The molecular weight excluding hydrogens is 526 g/mol. The molecule has 36 heavy (non-hydrogen) atoms. The summed E-state index contributed by atoms with van der Waals surface area (Å²) in [6.07, 6.45) is 3.82. The third kappa shape index (κ3) is 6.03. The van der Waals surface area contributed by atoms with E-state index in [2.05, 4.69) is 5.32 Å². The van der Waals surface area contributed by atoms with Crippen LogP contribution in [-0.4, -0.2) is 70.2 Å². The number of nitrogens with one attached hydrogen (secondary N) is 1. The molecule has 0 aliphatic carbocycles. The molecule has 0 spiro atoms. The third-order valence-electron chi connectivity index (χ3n) is 6.37. The van der Waals surface area contributed by atoms with Gasteiger partial charge in [0.2, 0.25) is 26.0 Å². The standard InChI is InChI=1S/C24H30ClN3O6S2/c25-19-6-10-22(11-7-19)36(32,33)28-17-4-5-23(28)24(29)26-14-18-34-20-8-12-21(13-9-20)35(30,31)27-15-2-1-3-16-27/h6-13,23H,1-5,14-18H2,(H,26,29)/t23-/m0/s1. The highest BCUT2D eigenvalue weighted by Gasteiger charge is 2.39. The summed E-state index contributed by atoms with van der Waals surface area (Å²) in [5.74, 6) is 0.103. The summed E-state index contributed by atoms with van der Waals surface area (Å²) in [7, 11) is -7.32. The fraction of sp³-hybridized carbons (Fsp3) is 0.458. The molecule has 2 saturated heterocycles. The second-order valence-electron chi connectivity index (χ2n) is 8.80. The van der Waals surface area contributed by atoms with E-state index in [1.54, 1.807) is 12.1 Å². The molecule has 2 aliphatic heterocycles. The SMILES string of the molecule is O=C(NCCOc1ccc(S(=O)(=O)N2CCCCC2)cc1)[C@@H]1CCCN1S(=O)(=O)c1ccc(Cl)cc1. The zero-order valence-electron chi connectivity index (χ0n) is 19.8. The van der Waals surface area contributed by atoms with Gasteiger partial charge in [-0.05, 0) is 74.2 Å². The lowest BCUT2D eigenvalue weighted by Gasteiger charge is -2.25. The number of benzene rings is 2. The maximum atomic E-state index is 13.0. The smallest absolute Gasteiger partial charge is 0.243 e. The lowest BCUT2D eigenvalue weighted by atomic mass is 10.2. The van der Waals surface area contributed by atoms with Gasteiger partial charge in [0.25, 0.3) is 0 Å². The van der Waals surface area contributed by atoms with Crippen LogP contribution in [0.25, 0.3) is 0 Å². The molecule has 2 aliphatic rings. The Morgan fingerprint density at radius 2 is 1.47 bits per heavy atom. The van der Waals surface area contributed by atoms with Gasteiger partial charge in [0, 0.05) is 24.7 Å². The van der Waals surface area contributed by atoms with Crippen LogP contribution >= 0.6 is 11.6 Å². The van der Waals surface area contributed by atoms with Gasteiger partial charge in [0.1, 0.15) is 18.4 Å². The van der Waals surface area contributed by atoms with Crippen LogP contribution in [0, 0.1) is 0 Å². The minimum Gasteiger partial charge on any atom is -0.492 e. The van der Waals surface area contributed by atoms with Crippen LogP contribution in [0.5, 0.6) is 5.75 Å². The average molecular weight is 556 g/mol. The van der Waals surface area contributed by atoms with Crippen molar-refractivity contribution in [2.24, 2.45) is 0 Å². The molecule has 1 atom stereocenters. The number of rotatable bonds is 9. The van der Waals surface area contributed by atoms with Gasteiger partial charge in [-0.15, -0.1) is 0 Å². The number of sulfonamides is 2. The van der Waals surface area contributed by atoms with Crippen LogP contribution in [-0.2, 0) is 24.8 Å². The fourth-order valence-corrected chi connectivity index (χ4v) is 7.75. The highest BCUT2D eigenvalue weighted by Crippen LogP contribution is 2.27. The second-order valence-corrected chi connectivity index (χ2v) is 13.1. The quantitative estimate of drug-likeness (QED) is 0.476. The summed E-state index contributed by atoms with van der Waals surface area (Å²) in [5.41, 5.74) is 0. The molecule has 0 unspecified atom stereocenters. The summed E-state index contributed by atoms with van der Waals surface area (Å²) >= 11 is 5.86. The Hall–Kier alpha value is -2.18. The Kier molecular flexibility index (Phi) is 8.56. The molecule has 4 rings (SSSR count). The van der Waals surface area contributed by atoms with Crippen LogP contribution in [0.1, 0.15) is 32.1 Å². The van der Waals surface area contributed by atoms with Gasteiger partial charge >= 0.3 is 0 Å². The van der Waals surface area contributed by atoms with Gasteiger partial charge in [-0.2, -0.15) is 8.61 Å². The number of piperidine rings is 1. The van der Waals surface area contributed by atoms with Crippen molar-refractivity contribution in [1.29, 1.82) is 0 Å². The number of hydrogen-bond donors (Lipinski definition) is 1. The number of amides is 1. The van der Waals surface area contributed by atoms with Gasteiger partial charge in [-0.25, -0.2) is 16.8 Å². The molecule has 12 heteroatoms. The average Bonchev–Trinajstić information content (AvgIpc) is 3.39. The molecule has 0 saturated carbocycles. The zero-order chi connectivity index (χ0) is 25.8. The lowest BCUT2D eigenvalue weighted by Crippen LogP contribution is -2.46. The van der Waals surface area contributed by atoms with Crippen molar-refractivity contribution in [2.45, 2.75) is 47.9 Å². The normalized spacial score (nSPS) is 19.8. The van der Waals surface area contributed by atoms with Gasteiger partial charge < -0.3 is 10.1 Å². The molecule has 1 amide bonds. The van der Waals surface area contributed by atoms with E-state index >= 15 is 0 Å². The van der Waals surface area contributed by atoms with Crippen LogP contribution in [0.3, 0.4) is 0 Å². The Labute approximate surface area is 217 Å². The molecule has 9 nitrogen and oxygen atoms in total. The largest absolute Gasteiger partial charge is 0.492 e. The third-order valence-corrected chi connectivity index (χ3v) is 10.5. The first kappa shape index (κ1) is 26.9. The van der Waals surface area contributed by atoms with Crippen molar-refractivity contribution >= 4 is 37.6 Å². The Morgan fingerprint density at radius 1 is 0.861 bits per heavy atom. The summed E-state index contributed by atoms with van der Waals surface area (Å²) in [5, 5.41) is 3.18. The van der Waals surface area contributed by atoms with Crippen molar-refractivity contribution < 1.29 is 26.4 Å². The van der Waals surface area contributed by atoms with Crippen molar-refractivity contribution in [3.8, 4) is 5.75 Å². The molecular formula is C24H30ClN3O6S2. The number of hydrogen-bond acceptors (Lipinski definition) is 6. The molecule has 0 bridgehead atoms. The molecule has 1 N–H and O–H groups in total. The summed E-state index contributed by atoms with van der Waals surface area (Å²) in [6, 6.07) is 11.3. The lowest BCUT2D eigenvalue weighted by molar-refractivity contribution is -0.124. The van der Waals surface area contributed by atoms with E-state index in [0.717, 1.165) is 19.3 Å². The summed E-state index contributed by atoms with van der Waals surface area (Å²) in [4.78, 5) is 13.1. The van der Waals surface area contributed by atoms with Crippen molar-refractivity contribution in [1.82, 2.24) is 13.9 Å². The van der Waals surface area contributed by atoms with Crippen molar-refractivity contribution in [3.63, 3.8) is 0 Å². The van der Waals surface area contributed by atoms with Gasteiger partial charge in [0.05, 0.1) is 16.3 Å². The van der Waals surface area contributed by atoms with E-state index in [0.29, 0.717) is 36.7 Å². The highest BCUT2D eigenvalue weighted by molar-refractivity contribution is 7.89. The van der Waals surface area contributed by atoms with Crippen molar-refractivity contribution in [2.75, 3.05) is 32.8 Å². The van der Waals surface area contributed by atoms with Crippen molar-refractivity contribution in [3.05, 3.63) is 53.6 Å². The van der Waals surface area contributed by atoms with E-state index in [-0.39, 0.29) is 35.4 Å². The van der Waals surface area contributed by atoms with Crippen LogP contribution in [0.2, 0.25) is 5.02 Å². The monoisotopic (exact) mass is 555 g/mol.